The molecule has 1 amide bonds. The van der Waals surface area contributed by atoms with Gasteiger partial charge in [0.15, 0.2) is 0 Å². The Kier molecular flexibility index (Phi) is 4.47. The fourth-order valence-electron chi connectivity index (χ4n) is 1.78. The monoisotopic (exact) mass is 280 g/mol. The number of hydrogen-bond acceptors (Lipinski definition) is 2. The van der Waals surface area contributed by atoms with Gasteiger partial charge in [-0.1, -0.05) is 24.3 Å². The molecule has 0 unspecified atom stereocenters. The summed E-state index contributed by atoms with van der Waals surface area (Å²) in [5.74, 6) is -0.906. The van der Waals surface area contributed by atoms with Crippen LogP contribution in [0, 0.1) is 24.1 Å². The third-order valence-corrected chi connectivity index (χ3v) is 2.96. The zero-order valence-corrected chi connectivity index (χ0v) is 11.4. The summed E-state index contributed by atoms with van der Waals surface area (Å²) in [5.41, 5.74) is 2.21. The van der Waals surface area contributed by atoms with Crippen LogP contribution >= 0.6 is 0 Å². The van der Waals surface area contributed by atoms with E-state index in [0.717, 1.165) is 11.1 Å². The van der Waals surface area contributed by atoms with Crippen LogP contribution in [0.1, 0.15) is 11.1 Å². The van der Waals surface area contributed by atoms with Crippen LogP contribution in [0.4, 0.5) is 10.1 Å². The molecule has 0 radical (unpaired) electrons. The smallest absolute Gasteiger partial charge is 0.266 e. The first-order chi connectivity index (χ1) is 10.1. The van der Waals surface area contributed by atoms with E-state index in [2.05, 4.69) is 5.32 Å². The number of nitrogens with one attached hydrogen (secondary N) is 1. The van der Waals surface area contributed by atoms with E-state index in [4.69, 9.17) is 5.26 Å². The molecule has 3 nitrogen and oxygen atoms in total. The second-order valence-corrected chi connectivity index (χ2v) is 4.49. The average molecular weight is 280 g/mol. The van der Waals surface area contributed by atoms with Crippen LogP contribution in [0.5, 0.6) is 0 Å². The van der Waals surface area contributed by atoms with Gasteiger partial charge in [-0.15, -0.1) is 0 Å². The van der Waals surface area contributed by atoms with Crippen LogP contribution in [0.2, 0.25) is 0 Å². The topological polar surface area (TPSA) is 52.9 Å². The Hall–Kier alpha value is -2.93. The molecule has 0 heterocycles. The lowest BCUT2D eigenvalue weighted by Crippen LogP contribution is -2.13. The number of benzene rings is 2. The lowest BCUT2D eigenvalue weighted by molar-refractivity contribution is -0.112. The molecule has 2 aromatic carbocycles. The Morgan fingerprint density at radius 2 is 1.86 bits per heavy atom. The number of carbonyl (C=O) groups excluding carboxylic acids is 1. The zero-order valence-electron chi connectivity index (χ0n) is 11.4. The summed E-state index contributed by atoms with van der Waals surface area (Å²) in [5, 5.41) is 11.7. The van der Waals surface area contributed by atoms with Crippen molar-refractivity contribution in [2.24, 2.45) is 0 Å². The predicted molar refractivity (Wildman–Crippen MR) is 79.8 cm³/mol. The second-order valence-electron chi connectivity index (χ2n) is 4.49. The van der Waals surface area contributed by atoms with Crippen molar-refractivity contribution in [3.8, 4) is 6.07 Å². The Bertz CT molecular complexity index is 727. The van der Waals surface area contributed by atoms with Crippen LogP contribution < -0.4 is 5.32 Å². The first kappa shape index (κ1) is 14.5. The molecule has 0 bridgehead atoms. The Labute approximate surface area is 122 Å². The van der Waals surface area contributed by atoms with Crippen molar-refractivity contribution in [1.82, 2.24) is 0 Å². The van der Waals surface area contributed by atoms with Gasteiger partial charge in [0, 0.05) is 5.69 Å². The molecule has 0 spiro atoms. The number of aryl methyl sites for hydroxylation is 1. The van der Waals surface area contributed by atoms with E-state index in [1.165, 1.54) is 30.3 Å². The molecule has 2 rings (SSSR count). The van der Waals surface area contributed by atoms with E-state index in [-0.39, 0.29) is 11.4 Å². The molecule has 0 saturated heterocycles. The normalized spacial score (nSPS) is 10.8. The van der Waals surface area contributed by atoms with Crippen LogP contribution in [-0.2, 0) is 4.79 Å². The van der Waals surface area contributed by atoms with Crippen molar-refractivity contribution < 1.29 is 9.18 Å². The quantitative estimate of drug-likeness (QED) is 0.688. The first-order valence-corrected chi connectivity index (χ1v) is 6.34. The third-order valence-electron chi connectivity index (χ3n) is 2.96. The molecule has 104 valence electrons. The van der Waals surface area contributed by atoms with E-state index in [1.54, 1.807) is 0 Å². The van der Waals surface area contributed by atoms with Crippen LogP contribution in [-0.4, -0.2) is 5.91 Å². The van der Waals surface area contributed by atoms with Crippen LogP contribution in [0.3, 0.4) is 0 Å². The number of anilines is 1. The van der Waals surface area contributed by atoms with E-state index < -0.39 is 5.91 Å². The van der Waals surface area contributed by atoms with Crippen molar-refractivity contribution in [2.45, 2.75) is 6.92 Å². The maximum Gasteiger partial charge on any atom is 0.266 e. The fraction of sp³-hybridized carbons (Fsp3) is 0.0588. The summed E-state index contributed by atoms with van der Waals surface area (Å²) in [6.07, 6.45) is 1.54. The lowest BCUT2D eigenvalue weighted by Gasteiger charge is -2.05. The number of nitriles is 1. The maximum absolute atomic E-state index is 12.8. The van der Waals surface area contributed by atoms with Crippen molar-refractivity contribution in [3.05, 3.63) is 71.0 Å². The fourth-order valence-corrected chi connectivity index (χ4v) is 1.78. The van der Waals surface area contributed by atoms with Crippen LogP contribution in [0.15, 0.2) is 54.1 Å². The molecule has 0 saturated carbocycles. The minimum Gasteiger partial charge on any atom is -0.321 e. The molecule has 21 heavy (non-hydrogen) atoms. The summed E-state index contributed by atoms with van der Waals surface area (Å²) in [6, 6.07) is 14.7. The second kappa shape index (κ2) is 6.49. The van der Waals surface area contributed by atoms with Crippen molar-refractivity contribution in [1.29, 1.82) is 5.26 Å². The highest BCUT2D eigenvalue weighted by atomic mass is 19.1. The number of amides is 1. The third kappa shape index (κ3) is 3.77. The summed E-state index contributed by atoms with van der Waals surface area (Å²) in [6.45, 7) is 1.90. The van der Waals surface area contributed by atoms with Gasteiger partial charge in [0.05, 0.1) is 0 Å². The minimum atomic E-state index is -0.521. The summed E-state index contributed by atoms with van der Waals surface area (Å²) in [7, 11) is 0. The first-order valence-electron chi connectivity index (χ1n) is 6.34. The van der Waals surface area contributed by atoms with Gasteiger partial charge in [0.2, 0.25) is 0 Å². The summed E-state index contributed by atoms with van der Waals surface area (Å²) < 4.78 is 12.8. The summed E-state index contributed by atoms with van der Waals surface area (Å²) in [4.78, 5) is 12.0. The van der Waals surface area contributed by atoms with E-state index in [1.807, 2.05) is 37.3 Å². The molecule has 4 heteroatoms. The van der Waals surface area contributed by atoms with Gasteiger partial charge in [-0.2, -0.15) is 5.26 Å². The number of nitrogens with zero attached hydrogens (tertiary/aromatic N) is 1. The summed E-state index contributed by atoms with van der Waals surface area (Å²) >= 11 is 0. The van der Waals surface area contributed by atoms with Gasteiger partial charge in [0.1, 0.15) is 17.5 Å². The Balaban J connectivity index is 2.22. The maximum atomic E-state index is 12.8. The highest BCUT2D eigenvalue weighted by Crippen LogP contribution is 2.14. The SMILES string of the molecule is Cc1ccccc1/C=C(/C#N)C(=O)Nc1ccc(F)cc1. The van der Waals surface area contributed by atoms with E-state index in [9.17, 15) is 9.18 Å². The van der Waals surface area contributed by atoms with Gasteiger partial charge < -0.3 is 5.32 Å². The van der Waals surface area contributed by atoms with Gasteiger partial charge >= 0.3 is 0 Å². The number of carbonyl (C=O) groups is 1. The van der Waals surface area contributed by atoms with Gasteiger partial charge in [-0.05, 0) is 48.4 Å². The van der Waals surface area contributed by atoms with Crippen LogP contribution in [0.25, 0.3) is 6.08 Å². The highest BCUT2D eigenvalue weighted by Gasteiger charge is 2.10. The molecule has 0 aliphatic carbocycles. The van der Waals surface area contributed by atoms with Gasteiger partial charge in [-0.25, -0.2) is 4.39 Å². The van der Waals surface area contributed by atoms with Crippen molar-refractivity contribution >= 4 is 17.7 Å². The molecule has 0 aliphatic rings. The molecule has 1 N–H and O–H groups in total. The van der Waals surface area contributed by atoms with Gasteiger partial charge in [-0.3, -0.25) is 4.79 Å². The van der Waals surface area contributed by atoms with Crippen molar-refractivity contribution in [2.75, 3.05) is 5.32 Å². The predicted octanol–water partition coefficient (Wildman–Crippen LogP) is 3.68. The standard InChI is InChI=1S/C17H13FN2O/c1-12-4-2-3-5-13(12)10-14(11-19)17(21)20-16-8-6-15(18)7-9-16/h2-10H,1H3,(H,20,21)/b14-10-. The minimum absolute atomic E-state index is 0.00590. The molecule has 2 aromatic rings. The van der Waals surface area contributed by atoms with Crippen molar-refractivity contribution in [3.63, 3.8) is 0 Å². The number of rotatable bonds is 3. The highest BCUT2D eigenvalue weighted by molar-refractivity contribution is 6.09. The van der Waals surface area contributed by atoms with E-state index in [0.29, 0.717) is 5.69 Å². The Morgan fingerprint density at radius 1 is 1.19 bits per heavy atom. The molecule has 0 atom stereocenters. The number of hydrogen-bond donors (Lipinski definition) is 1. The molecule has 0 aromatic heterocycles. The van der Waals surface area contributed by atoms with E-state index >= 15 is 0 Å². The van der Waals surface area contributed by atoms with Gasteiger partial charge in [0.25, 0.3) is 5.91 Å². The number of halogens is 1. The molecule has 0 aliphatic heterocycles. The average Bonchev–Trinajstić information content (AvgIpc) is 2.48. The molecular weight excluding hydrogens is 267 g/mol. The molecular formula is C17H13FN2O. The lowest BCUT2D eigenvalue weighted by atomic mass is 10.1. The molecule has 0 fully saturated rings. The zero-order chi connectivity index (χ0) is 15.2. The Morgan fingerprint density at radius 3 is 2.48 bits per heavy atom. The largest absolute Gasteiger partial charge is 0.321 e.